The van der Waals surface area contributed by atoms with Gasteiger partial charge in [0.1, 0.15) is 0 Å². The van der Waals surface area contributed by atoms with E-state index >= 15 is 0 Å². The Balaban J connectivity index is 2.27. The molecule has 0 spiro atoms. The highest BCUT2D eigenvalue weighted by atomic mass is 32.2. The van der Waals surface area contributed by atoms with E-state index in [1.54, 1.807) is 11.4 Å². The highest BCUT2D eigenvalue weighted by molar-refractivity contribution is 7.90. The van der Waals surface area contributed by atoms with Crippen molar-refractivity contribution in [2.45, 2.75) is 20.3 Å². The summed E-state index contributed by atoms with van der Waals surface area (Å²) in [5.41, 5.74) is 2.86. The third-order valence-corrected chi connectivity index (χ3v) is 5.46. The molecule has 1 saturated heterocycles. The van der Waals surface area contributed by atoms with Crippen LogP contribution in [0.4, 0.5) is 5.69 Å². The molecule has 0 radical (unpaired) electrons. The summed E-state index contributed by atoms with van der Waals surface area (Å²) >= 11 is 0. The summed E-state index contributed by atoms with van der Waals surface area (Å²) in [4.78, 5) is 0. The smallest absolute Gasteiger partial charge is 0.303 e. The van der Waals surface area contributed by atoms with Crippen LogP contribution in [0, 0.1) is 13.8 Å². The molecule has 6 heteroatoms. The van der Waals surface area contributed by atoms with Gasteiger partial charge in [-0.15, -0.1) is 0 Å². The van der Waals surface area contributed by atoms with E-state index in [0.717, 1.165) is 29.8 Å². The number of rotatable bonds is 3. The Morgan fingerprint density at radius 2 is 1.75 bits per heavy atom. The molecule has 20 heavy (non-hydrogen) atoms. The number of nitrogens with one attached hydrogen (secondary N) is 1. The summed E-state index contributed by atoms with van der Waals surface area (Å²) in [6.45, 7) is 6.64. The number of benzene rings is 1. The van der Waals surface area contributed by atoms with Crippen LogP contribution >= 0.6 is 0 Å². The van der Waals surface area contributed by atoms with Gasteiger partial charge in [-0.1, -0.05) is 6.07 Å². The summed E-state index contributed by atoms with van der Waals surface area (Å²) in [5, 5.41) is 3.22. The summed E-state index contributed by atoms with van der Waals surface area (Å²) in [5.74, 6) is 0. The van der Waals surface area contributed by atoms with Crippen molar-refractivity contribution in [1.29, 1.82) is 0 Å². The molecule has 1 aliphatic rings. The minimum Gasteiger partial charge on any atom is -0.315 e. The summed E-state index contributed by atoms with van der Waals surface area (Å²) < 4.78 is 28.3. The van der Waals surface area contributed by atoms with Crippen LogP contribution in [0.5, 0.6) is 0 Å². The lowest BCUT2D eigenvalue weighted by atomic mass is 10.1. The molecule has 112 valence electrons. The van der Waals surface area contributed by atoms with E-state index in [1.165, 1.54) is 4.31 Å². The lowest BCUT2D eigenvalue weighted by Crippen LogP contribution is -2.43. The molecule has 0 unspecified atom stereocenters. The molecule has 1 aliphatic heterocycles. The Morgan fingerprint density at radius 1 is 1.10 bits per heavy atom. The van der Waals surface area contributed by atoms with Crippen LogP contribution in [0.1, 0.15) is 17.5 Å². The Hall–Kier alpha value is -1.11. The Kier molecular flexibility index (Phi) is 4.67. The number of anilines is 1. The van der Waals surface area contributed by atoms with Crippen LogP contribution in [0.15, 0.2) is 18.2 Å². The summed E-state index contributed by atoms with van der Waals surface area (Å²) in [6.07, 6.45) is 0.847. The Morgan fingerprint density at radius 3 is 2.40 bits per heavy atom. The van der Waals surface area contributed by atoms with E-state index < -0.39 is 10.2 Å². The van der Waals surface area contributed by atoms with E-state index in [1.807, 2.05) is 32.0 Å². The number of hydrogen-bond acceptors (Lipinski definition) is 3. The van der Waals surface area contributed by atoms with Crippen molar-refractivity contribution >= 4 is 15.9 Å². The first-order valence-electron chi connectivity index (χ1n) is 6.94. The molecule has 0 saturated carbocycles. The Labute approximate surface area is 121 Å². The fourth-order valence-corrected chi connectivity index (χ4v) is 3.89. The number of hydrogen-bond donors (Lipinski definition) is 1. The third-order valence-electron chi connectivity index (χ3n) is 3.54. The van der Waals surface area contributed by atoms with Crippen molar-refractivity contribution in [3.05, 3.63) is 29.3 Å². The molecule has 1 aromatic rings. The van der Waals surface area contributed by atoms with Crippen LogP contribution in [0.2, 0.25) is 0 Å². The minimum absolute atomic E-state index is 0.525. The van der Waals surface area contributed by atoms with Gasteiger partial charge in [-0.25, -0.2) is 0 Å². The molecule has 0 aliphatic carbocycles. The first kappa shape index (κ1) is 15.3. The molecule has 0 amide bonds. The average molecular weight is 297 g/mol. The van der Waals surface area contributed by atoms with Gasteiger partial charge in [0.25, 0.3) is 0 Å². The lowest BCUT2D eigenvalue weighted by Gasteiger charge is -2.28. The van der Waals surface area contributed by atoms with E-state index in [4.69, 9.17) is 0 Å². The predicted molar refractivity (Wildman–Crippen MR) is 82.3 cm³/mol. The molecule has 0 bridgehead atoms. The van der Waals surface area contributed by atoms with E-state index in [9.17, 15) is 8.42 Å². The zero-order chi connectivity index (χ0) is 14.8. The fraction of sp³-hybridized carbons (Fsp3) is 0.571. The molecule has 2 rings (SSSR count). The van der Waals surface area contributed by atoms with E-state index in [0.29, 0.717) is 19.6 Å². The van der Waals surface area contributed by atoms with Crippen LogP contribution in [-0.4, -0.2) is 45.9 Å². The van der Waals surface area contributed by atoms with Crippen molar-refractivity contribution in [2.24, 2.45) is 0 Å². The van der Waals surface area contributed by atoms with Gasteiger partial charge >= 0.3 is 10.2 Å². The van der Waals surface area contributed by atoms with Crippen molar-refractivity contribution in [3.63, 3.8) is 0 Å². The second kappa shape index (κ2) is 6.11. The topological polar surface area (TPSA) is 52.7 Å². The predicted octanol–water partition coefficient (Wildman–Crippen LogP) is 1.28. The average Bonchev–Trinajstić information content (AvgIpc) is 2.65. The van der Waals surface area contributed by atoms with Gasteiger partial charge in [0.15, 0.2) is 0 Å². The maximum atomic E-state index is 12.7. The summed E-state index contributed by atoms with van der Waals surface area (Å²) in [6, 6.07) is 5.85. The molecule has 0 atom stereocenters. The standard InChI is InChI=1S/C14H23N3O2S/c1-12-9-13(2)11-14(10-12)16(3)20(18,19)17-7-4-5-15-6-8-17/h9-11,15H,4-8H2,1-3H3. The van der Waals surface area contributed by atoms with Crippen molar-refractivity contribution in [3.8, 4) is 0 Å². The fourth-order valence-electron chi connectivity index (χ4n) is 2.49. The van der Waals surface area contributed by atoms with E-state index in [-0.39, 0.29) is 0 Å². The van der Waals surface area contributed by atoms with Crippen molar-refractivity contribution in [2.75, 3.05) is 37.5 Å². The van der Waals surface area contributed by atoms with Gasteiger partial charge in [0, 0.05) is 26.7 Å². The number of aryl methyl sites for hydroxylation is 2. The first-order valence-corrected chi connectivity index (χ1v) is 8.34. The van der Waals surface area contributed by atoms with Gasteiger partial charge < -0.3 is 5.32 Å². The quantitative estimate of drug-likeness (QED) is 0.914. The maximum Gasteiger partial charge on any atom is 0.303 e. The third kappa shape index (κ3) is 3.31. The van der Waals surface area contributed by atoms with Gasteiger partial charge in [-0.3, -0.25) is 4.31 Å². The number of nitrogens with zero attached hydrogens (tertiary/aromatic N) is 2. The van der Waals surface area contributed by atoms with Gasteiger partial charge in [0.05, 0.1) is 5.69 Å². The van der Waals surface area contributed by atoms with Crippen LogP contribution in [0.25, 0.3) is 0 Å². The second-order valence-electron chi connectivity index (χ2n) is 5.32. The SMILES string of the molecule is Cc1cc(C)cc(N(C)S(=O)(=O)N2CCCNCC2)c1. The van der Waals surface area contributed by atoms with Gasteiger partial charge in [-0.2, -0.15) is 12.7 Å². The minimum atomic E-state index is -3.45. The summed E-state index contributed by atoms with van der Waals surface area (Å²) in [7, 11) is -1.82. The first-order chi connectivity index (χ1) is 9.41. The normalized spacial score (nSPS) is 17.8. The largest absolute Gasteiger partial charge is 0.315 e. The molecule has 1 aromatic carbocycles. The monoisotopic (exact) mass is 297 g/mol. The molecular weight excluding hydrogens is 274 g/mol. The zero-order valence-corrected chi connectivity index (χ0v) is 13.2. The highest BCUT2D eigenvalue weighted by Crippen LogP contribution is 2.22. The van der Waals surface area contributed by atoms with Crippen molar-refractivity contribution in [1.82, 2.24) is 9.62 Å². The van der Waals surface area contributed by atoms with Gasteiger partial charge in [-0.05, 0) is 50.1 Å². The van der Waals surface area contributed by atoms with Crippen LogP contribution in [0.3, 0.4) is 0 Å². The molecule has 1 fully saturated rings. The van der Waals surface area contributed by atoms with Crippen molar-refractivity contribution < 1.29 is 8.42 Å². The lowest BCUT2D eigenvalue weighted by molar-refractivity contribution is 0.431. The Bertz CT molecular complexity index is 544. The molecular formula is C14H23N3O2S. The molecule has 1 heterocycles. The van der Waals surface area contributed by atoms with Crippen LogP contribution in [-0.2, 0) is 10.2 Å². The maximum absolute atomic E-state index is 12.7. The molecule has 5 nitrogen and oxygen atoms in total. The highest BCUT2D eigenvalue weighted by Gasteiger charge is 2.27. The molecule has 0 aromatic heterocycles. The molecule has 1 N–H and O–H groups in total. The van der Waals surface area contributed by atoms with E-state index in [2.05, 4.69) is 5.32 Å². The van der Waals surface area contributed by atoms with Crippen LogP contribution < -0.4 is 9.62 Å². The zero-order valence-electron chi connectivity index (χ0n) is 12.4. The van der Waals surface area contributed by atoms with Gasteiger partial charge in [0.2, 0.25) is 0 Å². The second-order valence-corrected chi connectivity index (χ2v) is 7.28.